The minimum atomic E-state index is -3.86. The van der Waals surface area contributed by atoms with Crippen molar-refractivity contribution in [3.63, 3.8) is 0 Å². The number of carboxylic acids is 4. The molecule has 4 atom stereocenters. The van der Waals surface area contributed by atoms with Crippen molar-refractivity contribution in [3.05, 3.63) is 268 Å². The van der Waals surface area contributed by atoms with Crippen LogP contribution in [0, 0.1) is 0 Å². The summed E-state index contributed by atoms with van der Waals surface area (Å²) in [7, 11) is -7.56. The highest BCUT2D eigenvalue weighted by Crippen LogP contribution is 2.32. The zero-order chi connectivity index (χ0) is 81.3. The Balaban J connectivity index is 0.000000265. The van der Waals surface area contributed by atoms with Crippen molar-refractivity contribution in [3.8, 4) is 5.75 Å². The van der Waals surface area contributed by atoms with Crippen molar-refractivity contribution in [2.75, 3.05) is 5.75 Å². The number of aliphatic carboxylic acids is 4. The molecule has 0 saturated carbocycles. The van der Waals surface area contributed by atoms with Crippen molar-refractivity contribution >= 4 is 55.3 Å². The number of thioether (sulfide) groups is 1. The third-order valence-corrected chi connectivity index (χ3v) is 25.4. The number of rotatable bonds is 42. The fraction of sp³-hybridized carbons (Fsp3) is 0.453. The van der Waals surface area contributed by atoms with Crippen LogP contribution in [-0.4, -0.2) is 88.7 Å². The van der Waals surface area contributed by atoms with E-state index in [1.165, 1.54) is 69.3 Å². The van der Waals surface area contributed by atoms with Gasteiger partial charge in [-0.15, -0.1) is 11.8 Å². The van der Waals surface area contributed by atoms with E-state index >= 15 is 0 Å². The van der Waals surface area contributed by atoms with Gasteiger partial charge >= 0.3 is 23.9 Å². The molecule has 13 nitrogen and oxygen atoms in total. The largest absolute Gasteiger partial charge is 0.480 e. The van der Waals surface area contributed by atoms with Gasteiger partial charge in [0.15, 0.2) is 36.3 Å². The second-order valence-electron chi connectivity index (χ2n) is 32.1. The van der Waals surface area contributed by atoms with Gasteiger partial charge in [-0.05, 0) is 199 Å². The Morgan fingerprint density at radius 1 is 0.342 bits per heavy atom. The maximum absolute atomic E-state index is 12.7. The van der Waals surface area contributed by atoms with Crippen molar-refractivity contribution < 1.29 is 61.2 Å². The van der Waals surface area contributed by atoms with Crippen molar-refractivity contribution in [1.82, 2.24) is 0 Å². The summed E-state index contributed by atoms with van der Waals surface area (Å²) in [6.45, 7) is 21.4. The lowest BCUT2D eigenvalue weighted by Crippen LogP contribution is -2.32. The molecule has 8 aromatic carbocycles. The van der Waals surface area contributed by atoms with E-state index in [-0.39, 0.29) is 45.0 Å². The zero-order valence-corrected chi connectivity index (χ0v) is 70.1. The Labute approximate surface area is 669 Å². The smallest absolute Gasteiger partial charge is 0.344 e. The molecule has 8 aromatic rings. The maximum Gasteiger partial charge on any atom is 0.344 e. The average Bonchev–Trinajstić information content (AvgIpc) is 0.796. The molecule has 8 rings (SSSR count). The highest BCUT2D eigenvalue weighted by atomic mass is 32.2. The van der Waals surface area contributed by atoms with Gasteiger partial charge in [0.25, 0.3) is 0 Å². The van der Waals surface area contributed by atoms with E-state index in [1.807, 2.05) is 104 Å². The summed E-state index contributed by atoms with van der Waals surface area (Å²) in [5, 5.41) is 34.9. The fourth-order valence-electron chi connectivity index (χ4n) is 12.8. The highest BCUT2D eigenvalue weighted by Gasteiger charge is 2.34. The maximum atomic E-state index is 12.7. The molecule has 0 radical (unpaired) electrons. The van der Waals surface area contributed by atoms with Crippen LogP contribution in [0.5, 0.6) is 5.75 Å². The van der Waals surface area contributed by atoms with Crippen LogP contribution >= 0.6 is 11.8 Å². The van der Waals surface area contributed by atoms with Crippen molar-refractivity contribution in [2.24, 2.45) is 0 Å². The number of hydrogen-bond donors (Lipinski definition) is 4. The molecule has 602 valence electrons. The third kappa shape index (κ3) is 36.4. The van der Waals surface area contributed by atoms with Gasteiger partial charge in [0.05, 0.1) is 10.6 Å². The van der Waals surface area contributed by atoms with Crippen LogP contribution in [-0.2, 0) is 93.6 Å². The summed E-state index contributed by atoms with van der Waals surface area (Å²) in [4.78, 5) is 47.4. The second-order valence-corrected chi connectivity index (χ2v) is 37.8. The summed E-state index contributed by atoms with van der Waals surface area (Å²) in [5.41, 5.74) is 11.1. The molecule has 0 aliphatic heterocycles. The average molecular weight is 1570 g/mol. The summed E-state index contributed by atoms with van der Waals surface area (Å²) in [6, 6.07) is 71.9. The number of hydrogen-bond acceptors (Lipinski definition) is 10. The summed E-state index contributed by atoms with van der Waals surface area (Å²) >= 11 is 1.48. The Morgan fingerprint density at radius 2 is 0.667 bits per heavy atom. The first kappa shape index (κ1) is 93.3. The molecule has 16 heteroatoms. The molecule has 111 heavy (non-hydrogen) atoms. The quantitative estimate of drug-likeness (QED) is 0.0206. The van der Waals surface area contributed by atoms with Gasteiger partial charge in [-0.25, -0.2) is 21.6 Å². The van der Waals surface area contributed by atoms with E-state index in [0.717, 1.165) is 132 Å². The molecule has 0 heterocycles. The lowest BCUT2D eigenvalue weighted by Gasteiger charge is -2.20. The SMILES string of the molecule is CC(C)(C)c1ccc(CCS(=O)(=O)C(CCCCCc2ccccc2)C(=O)O)cc1.CC(C)(C)c1ccc(OC(CCCCCCc2ccccc2)C(=O)O)cc1.CC(C)(C)c1ccc(SC(CCCCCCc2ccccc2)C(=O)O)cc1.CCc1ccc(S(=O)(=O)C(CCCCCCc2ccccc2)C(=O)O)cc1. The minimum Gasteiger partial charge on any atom is -0.480 e. The van der Waals surface area contributed by atoms with E-state index in [9.17, 15) is 56.4 Å². The van der Waals surface area contributed by atoms with Crippen molar-refractivity contribution in [1.29, 1.82) is 0 Å². The molecule has 4 unspecified atom stereocenters. The van der Waals surface area contributed by atoms with E-state index in [2.05, 4.69) is 159 Å². The number of carboxylic acid groups (broad SMARTS) is 4. The lowest BCUT2D eigenvalue weighted by molar-refractivity contribution is -0.145. The molecular formula is C95H126O13S3. The molecule has 0 amide bonds. The van der Waals surface area contributed by atoms with Gasteiger partial charge in [0.1, 0.15) is 11.0 Å². The van der Waals surface area contributed by atoms with Gasteiger partial charge < -0.3 is 25.2 Å². The molecule has 0 bridgehead atoms. The number of benzene rings is 8. The molecule has 0 aliphatic rings. The molecule has 0 spiro atoms. The lowest BCUT2D eigenvalue weighted by atomic mass is 9.86. The van der Waals surface area contributed by atoms with Gasteiger partial charge in [0, 0.05) is 4.90 Å². The Kier molecular flexibility index (Phi) is 40.8. The van der Waals surface area contributed by atoms with Gasteiger partial charge in [-0.2, -0.15) is 0 Å². The molecule has 4 N–H and O–H groups in total. The Hall–Kier alpha value is -8.31. The standard InChI is InChI=1S/C25H34O4S.C24H32O3.C24H32O2S.C22H28O4S/c1-25(2,3)22-16-14-21(15-17-22)18-19-30(28,29)23(24(26)27)13-9-5-8-12-20-10-6-4-7-11-20;2*1-24(2,3)20-15-17-21(18-16-20)27-22(23(25)26)14-10-5-4-7-11-19-12-8-6-9-13-19;1-2-18-14-16-20(17-15-18)27(25,26)21(22(23)24)13-9-4-3-6-10-19-11-7-5-8-12-19/h4,6-7,10-11,14-17,23H,5,8-9,12-13,18-19H2,1-3H3,(H,26,27);2*6,8-9,12-13,15-18,22H,4-5,7,10-11,14H2,1-3H3,(H,25,26);5,7-8,11-12,14-17,21H,2-4,6,9-10,13H2,1H3,(H,23,24). The summed E-state index contributed by atoms with van der Waals surface area (Å²) in [5.74, 6) is -3.61. The monoisotopic (exact) mass is 1570 g/mol. The highest BCUT2D eigenvalue weighted by molar-refractivity contribution is 8.00. The molecule has 0 aromatic heterocycles. The zero-order valence-electron chi connectivity index (χ0n) is 67.7. The van der Waals surface area contributed by atoms with E-state index in [1.54, 1.807) is 12.1 Å². The molecule has 0 fully saturated rings. The summed E-state index contributed by atoms with van der Waals surface area (Å²) in [6.07, 6.45) is 20.4. The predicted molar refractivity (Wildman–Crippen MR) is 456 cm³/mol. The summed E-state index contributed by atoms with van der Waals surface area (Å²) < 4.78 is 56.5. The predicted octanol–water partition coefficient (Wildman–Crippen LogP) is 22.6. The number of sulfone groups is 2. The van der Waals surface area contributed by atoms with E-state index in [0.29, 0.717) is 31.4 Å². The number of unbranched alkanes of at least 4 members (excludes halogenated alkanes) is 11. The van der Waals surface area contributed by atoms with Gasteiger partial charge in [-0.1, -0.05) is 315 Å². The van der Waals surface area contributed by atoms with Crippen LogP contribution in [0.25, 0.3) is 0 Å². The number of ether oxygens (including phenoxy) is 1. The second kappa shape index (κ2) is 48.6. The topological polar surface area (TPSA) is 227 Å². The first-order valence-corrected chi connectivity index (χ1v) is 44.2. The van der Waals surface area contributed by atoms with Crippen molar-refractivity contribution in [2.45, 2.75) is 278 Å². The third-order valence-electron chi connectivity index (χ3n) is 19.9. The Morgan fingerprint density at radius 3 is 1.03 bits per heavy atom. The Bertz CT molecular complexity index is 4050. The van der Waals surface area contributed by atoms with E-state index in [4.69, 9.17) is 4.74 Å². The fourth-order valence-corrected chi connectivity index (χ4v) is 17.1. The van der Waals surface area contributed by atoms with Crippen LogP contribution in [0.4, 0.5) is 0 Å². The van der Waals surface area contributed by atoms with E-state index < -0.39 is 60.2 Å². The van der Waals surface area contributed by atoms with Crippen LogP contribution in [0.3, 0.4) is 0 Å². The van der Waals surface area contributed by atoms with Crippen LogP contribution in [0.2, 0.25) is 0 Å². The van der Waals surface area contributed by atoms with Crippen LogP contribution in [0.15, 0.2) is 228 Å². The van der Waals surface area contributed by atoms with Gasteiger partial charge in [0.2, 0.25) is 0 Å². The number of carbonyl (C=O) groups is 4. The first-order chi connectivity index (χ1) is 52.8. The van der Waals surface area contributed by atoms with Crippen LogP contribution < -0.4 is 4.74 Å². The molecule has 0 saturated heterocycles. The number of aryl methyl sites for hydroxylation is 6. The minimum absolute atomic E-state index is 0.0412. The normalized spacial score (nSPS) is 12.8. The first-order valence-electron chi connectivity index (χ1n) is 40.0. The molecule has 0 aliphatic carbocycles. The van der Waals surface area contributed by atoms with Crippen LogP contribution in [0.1, 0.15) is 241 Å². The molecular weight excluding hydrogens is 1450 g/mol. The van der Waals surface area contributed by atoms with Gasteiger partial charge in [-0.3, -0.25) is 14.4 Å².